The molecule has 3 rings (SSSR count). The highest BCUT2D eigenvalue weighted by Crippen LogP contribution is 2.16. The quantitative estimate of drug-likeness (QED) is 0.767. The summed E-state index contributed by atoms with van der Waals surface area (Å²) in [7, 11) is 1.57. The average Bonchev–Trinajstić information content (AvgIpc) is 3.01. The number of anilines is 1. The van der Waals surface area contributed by atoms with Gasteiger partial charge in [0.15, 0.2) is 0 Å². The number of ether oxygens (including phenoxy) is 1. The predicted molar refractivity (Wildman–Crippen MR) is 93.7 cm³/mol. The van der Waals surface area contributed by atoms with E-state index in [1.165, 1.54) is 0 Å². The summed E-state index contributed by atoms with van der Waals surface area (Å²) in [6, 6.07) is 14.6. The SMILES string of the molecule is COc1cccc(C(=O)Nc2cnn(Cc3cccc(Cl)c3)c2)c1. The van der Waals surface area contributed by atoms with Crippen LogP contribution in [0, 0.1) is 0 Å². The van der Waals surface area contributed by atoms with Gasteiger partial charge in [-0.15, -0.1) is 0 Å². The molecule has 0 saturated heterocycles. The van der Waals surface area contributed by atoms with Crippen LogP contribution in [0.4, 0.5) is 5.69 Å². The molecule has 0 radical (unpaired) electrons. The van der Waals surface area contributed by atoms with E-state index >= 15 is 0 Å². The fraction of sp³-hybridized carbons (Fsp3) is 0.111. The first kappa shape index (κ1) is 16.1. The van der Waals surface area contributed by atoms with Gasteiger partial charge in [0.05, 0.1) is 25.5 Å². The second-order valence-electron chi connectivity index (χ2n) is 5.24. The van der Waals surface area contributed by atoms with Crippen LogP contribution in [-0.2, 0) is 6.54 Å². The van der Waals surface area contributed by atoms with Crippen LogP contribution in [-0.4, -0.2) is 22.8 Å². The fourth-order valence-electron chi connectivity index (χ4n) is 2.30. The second kappa shape index (κ2) is 7.19. The van der Waals surface area contributed by atoms with Crippen molar-refractivity contribution in [2.24, 2.45) is 0 Å². The van der Waals surface area contributed by atoms with E-state index in [1.807, 2.05) is 24.3 Å². The molecule has 0 unspecified atom stereocenters. The lowest BCUT2D eigenvalue weighted by Crippen LogP contribution is -2.11. The molecule has 0 aliphatic carbocycles. The normalized spacial score (nSPS) is 10.4. The molecule has 0 aliphatic heterocycles. The van der Waals surface area contributed by atoms with Crippen LogP contribution in [0.1, 0.15) is 15.9 Å². The molecule has 2 aromatic carbocycles. The molecule has 5 nitrogen and oxygen atoms in total. The Kier molecular flexibility index (Phi) is 4.82. The lowest BCUT2D eigenvalue weighted by atomic mass is 10.2. The number of halogens is 1. The number of carbonyl (C=O) groups excluding carboxylic acids is 1. The number of carbonyl (C=O) groups is 1. The molecule has 1 amide bonds. The first-order valence-corrected chi connectivity index (χ1v) is 7.74. The Hall–Kier alpha value is -2.79. The molecular weight excluding hydrogens is 326 g/mol. The van der Waals surface area contributed by atoms with Crippen molar-refractivity contribution in [3.8, 4) is 5.75 Å². The summed E-state index contributed by atoms with van der Waals surface area (Å²) in [5.74, 6) is 0.426. The van der Waals surface area contributed by atoms with Crippen LogP contribution in [0.5, 0.6) is 5.75 Å². The molecule has 0 spiro atoms. The molecule has 24 heavy (non-hydrogen) atoms. The zero-order valence-electron chi connectivity index (χ0n) is 13.1. The number of hydrogen-bond donors (Lipinski definition) is 1. The monoisotopic (exact) mass is 341 g/mol. The summed E-state index contributed by atoms with van der Waals surface area (Å²) in [4.78, 5) is 12.3. The Morgan fingerprint density at radius 2 is 2.08 bits per heavy atom. The van der Waals surface area contributed by atoms with Crippen LogP contribution in [0.15, 0.2) is 60.9 Å². The summed E-state index contributed by atoms with van der Waals surface area (Å²) >= 11 is 5.98. The minimum atomic E-state index is -0.212. The van der Waals surface area contributed by atoms with E-state index in [0.717, 1.165) is 5.56 Å². The molecule has 1 aromatic heterocycles. The number of methoxy groups -OCH3 is 1. The van der Waals surface area contributed by atoms with E-state index in [9.17, 15) is 4.79 Å². The maximum absolute atomic E-state index is 12.3. The average molecular weight is 342 g/mol. The lowest BCUT2D eigenvalue weighted by Gasteiger charge is -2.05. The van der Waals surface area contributed by atoms with E-state index in [2.05, 4.69) is 10.4 Å². The van der Waals surface area contributed by atoms with Crippen molar-refractivity contribution < 1.29 is 9.53 Å². The highest BCUT2D eigenvalue weighted by Gasteiger charge is 2.09. The number of amides is 1. The molecule has 122 valence electrons. The number of nitrogens with one attached hydrogen (secondary N) is 1. The zero-order valence-corrected chi connectivity index (χ0v) is 13.8. The third-order valence-corrected chi connectivity index (χ3v) is 3.69. The van der Waals surface area contributed by atoms with E-state index in [4.69, 9.17) is 16.3 Å². The van der Waals surface area contributed by atoms with Crippen molar-refractivity contribution in [1.82, 2.24) is 9.78 Å². The number of aromatic nitrogens is 2. The molecule has 0 fully saturated rings. The standard InChI is InChI=1S/C18H16ClN3O2/c1-24-17-7-3-5-14(9-17)18(23)21-16-10-20-22(12-16)11-13-4-2-6-15(19)8-13/h2-10,12H,11H2,1H3,(H,21,23). The second-order valence-corrected chi connectivity index (χ2v) is 5.68. The molecule has 0 atom stereocenters. The zero-order chi connectivity index (χ0) is 16.9. The van der Waals surface area contributed by atoms with Crippen LogP contribution >= 0.6 is 11.6 Å². The highest BCUT2D eigenvalue weighted by molar-refractivity contribution is 6.30. The lowest BCUT2D eigenvalue weighted by molar-refractivity contribution is 0.102. The van der Waals surface area contributed by atoms with Gasteiger partial charge in [-0.1, -0.05) is 29.8 Å². The number of rotatable bonds is 5. The van der Waals surface area contributed by atoms with Crippen LogP contribution in [0.25, 0.3) is 0 Å². The van der Waals surface area contributed by atoms with Gasteiger partial charge in [-0.2, -0.15) is 5.10 Å². The number of hydrogen-bond acceptors (Lipinski definition) is 3. The summed E-state index contributed by atoms with van der Waals surface area (Å²) in [5.41, 5.74) is 2.19. The van der Waals surface area contributed by atoms with Crippen molar-refractivity contribution in [2.45, 2.75) is 6.54 Å². The Labute approximate surface area is 144 Å². The summed E-state index contributed by atoms with van der Waals surface area (Å²) in [5, 5.41) is 7.77. The van der Waals surface area contributed by atoms with Gasteiger partial charge in [0.25, 0.3) is 5.91 Å². The third kappa shape index (κ3) is 3.94. The van der Waals surface area contributed by atoms with Crippen LogP contribution < -0.4 is 10.1 Å². The number of benzene rings is 2. The maximum atomic E-state index is 12.3. The highest BCUT2D eigenvalue weighted by atomic mass is 35.5. The van der Waals surface area contributed by atoms with Gasteiger partial charge in [0.1, 0.15) is 5.75 Å². The van der Waals surface area contributed by atoms with Gasteiger partial charge in [0.2, 0.25) is 0 Å². The predicted octanol–water partition coefficient (Wildman–Crippen LogP) is 3.85. The minimum Gasteiger partial charge on any atom is -0.497 e. The minimum absolute atomic E-state index is 0.212. The van der Waals surface area contributed by atoms with E-state index in [1.54, 1.807) is 48.5 Å². The first-order chi connectivity index (χ1) is 11.6. The molecular formula is C18H16ClN3O2. The number of nitrogens with zero attached hydrogens (tertiary/aromatic N) is 2. The molecule has 0 saturated carbocycles. The van der Waals surface area contributed by atoms with Gasteiger partial charge in [-0.05, 0) is 35.9 Å². The summed E-state index contributed by atoms with van der Waals surface area (Å²) in [6.45, 7) is 0.579. The topological polar surface area (TPSA) is 56.1 Å². The summed E-state index contributed by atoms with van der Waals surface area (Å²) in [6.07, 6.45) is 3.39. The van der Waals surface area contributed by atoms with Gasteiger partial charge < -0.3 is 10.1 Å². The molecule has 0 bridgehead atoms. The van der Waals surface area contributed by atoms with Gasteiger partial charge in [0, 0.05) is 16.8 Å². The Balaban J connectivity index is 1.68. The van der Waals surface area contributed by atoms with Crippen molar-refractivity contribution >= 4 is 23.2 Å². The molecule has 6 heteroatoms. The largest absolute Gasteiger partial charge is 0.497 e. The summed E-state index contributed by atoms with van der Waals surface area (Å²) < 4.78 is 6.87. The maximum Gasteiger partial charge on any atom is 0.255 e. The van der Waals surface area contributed by atoms with Crippen molar-refractivity contribution in [3.63, 3.8) is 0 Å². The van der Waals surface area contributed by atoms with Crippen molar-refractivity contribution in [2.75, 3.05) is 12.4 Å². The first-order valence-electron chi connectivity index (χ1n) is 7.36. The van der Waals surface area contributed by atoms with Crippen LogP contribution in [0.2, 0.25) is 5.02 Å². The Morgan fingerprint density at radius 3 is 2.88 bits per heavy atom. The molecule has 1 N–H and O–H groups in total. The van der Waals surface area contributed by atoms with E-state index in [-0.39, 0.29) is 5.91 Å². The Bertz CT molecular complexity index is 861. The Morgan fingerprint density at radius 1 is 1.25 bits per heavy atom. The molecule has 1 heterocycles. The smallest absolute Gasteiger partial charge is 0.255 e. The van der Waals surface area contributed by atoms with E-state index in [0.29, 0.717) is 28.6 Å². The van der Waals surface area contributed by atoms with Crippen LogP contribution in [0.3, 0.4) is 0 Å². The molecule has 0 aliphatic rings. The van der Waals surface area contributed by atoms with Gasteiger partial charge in [-0.25, -0.2) is 0 Å². The van der Waals surface area contributed by atoms with E-state index < -0.39 is 0 Å². The fourth-order valence-corrected chi connectivity index (χ4v) is 2.52. The van der Waals surface area contributed by atoms with Gasteiger partial charge in [-0.3, -0.25) is 9.48 Å². The molecule has 3 aromatic rings. The van der Waals surface area contributed by atoms with Gasteiger partial charge >= 0.3 is 0 Å². The van der Waals surface area contributed by atoms with Crippen molar-refractivity contribution in [1.29, 1.82) is 0 Å². The third-order valence-electron chi connectivity index (χ3n) is 3.46. The van der Waals surface area contributed by atoms with Crippen molar-refractivity contribution in [3.05, 3.63) is 77.1 Å².